The van der Waals surface area contributed by atoms with Gasteiger partial charge in [-0.05, 0) is 31.0 Å². The van der Waals surface area contributed by atoms with Gasteiger partial charge in [-0.15, -0.1) is 0 Å². The summed E-state index contributed by atoms with van der Waals surface area (Å²) in [6.07, 6.45) is 3.07. The average Bonchev–Trinajstić information content (AvgIpc) is 3.45. The third kappa shape index (κ3) is 5.15. The van der Waals surface area contributed by atoms with Gasteiger partial charge in [-0.3, -0.25) is 9.48 Å². The number of anilines is 2. The van der Waals surface area contributed by atoms with Crippen LogP contribution in [0.5, 0.6) is 0 Å². The Morgan fingerprint density at radius 2 is 1.94 bits per heavy atom. The summed E-state index contributed by atoms with van der Waals surface area (Å²) in [5, 5.41) is 13.7. The molecule has 4 rings (SSSR count). The molecule has 0 spiro atoms. The predicted molar refractivity (Wildman–Crippen MR) is 125 cm³/mol. The molecule has 182 valence electrons. The van der Waals surface area contributed by atoms with Gasteiger partial charge in [0, 0.05) is 24.7 Å². The van der Waals surface area contributed by atoms with Crippen molar-refractivity contribution in [2.45, 2.75) is 46.1 Å². The summed E-state index contributed by atoms with van der Waals surface area (Å²) in [5.74, 6) is 0.244. The zero-order valence-corrected chi connectivity index (χ0v) is 20.3. The lowest BCUT2D eigenvalue weighted by Crippen LogP contribution is -2.28. The number of halogens is 1. The Hall–Kier alpha value is -4.22. The molecule has 1 atom stereocenters. The first-order valence-electron chi connectivity index (χ1n) is 10.9. The minimum absolute atomic E-state index is 0.0744. The van der Waals surface area contributed by atoms with Crippen LogP contribution in [0.2, 0.25) is 0 Å². The fourth-order valence-electron chi connectivity index (χ4n) is 3.38. The standard InChI is InChI=1S/C23H26FN9O2/c1-12-14(13(2)27-20(34)19-29-21(35-32-19)23(3,4)5)7-8-15(17(12)24)18-25-11-26-22(30-18)28-16-9-10-33(6)31-16/h7-11,13H,1-6H3,(H,27,34)(H,25,26,28,30,31)/t13-/m1/s1. The molecule has 11 nitrogen and oxygen atoms in total. The van der Waals surface area contributed by atoms with E-state index in [1.807, 2.05) is 20.8 Å². The lowest BCUT2D eigenvalue weighted by atomic mass is 9.97. The van der Waals surface area contributed by atoms with Gasteiger partial charge in [0.2, 0.25) is 11.8 Å². The van der Waals surface area contributed by atoms with Crippen LogP contribution in [0.25, 0.3) is 11.4 Å². The Morgan fingerprint density at radius 1 is 1.17 bits per heavy atom. The van der Waals surface area contributed by atoms with Gasteiger partial charge in [0.15, 0.2) is 11.6 Å². The van der Waals surface area contributed by atoms with E-state index >= 15 is 4.39 Å². The molecule has 1 aromatic carbocycles. The van der Waals surface area contributed by atoms with Crippen LogP contribution in [-0.2, 0) is 12.5 Å². The van der Waals surface area contributed by atoms with Crippen LogP contribution in [-0.4, -0.2) is 40.8 Å². The van der Waals surface area contributed by atoms with Crippen molar-refractivity contribution in [1.82, 2.24) is 40.2 Å². The molecule has 2 N–H and O–H groups in total. The molecule has 0 saturated heterocycles. The van der Waals surface area contributed by atoms with Gasteiger partial charge in [0.1, 0.15) is 12.1 Å². The normalized spacial score (nSPS) is 12.4. The number of carbonyl (C=O) groups is 1. The van der Waals surface area contributed by atoms with Crippen molar-refractivity contribution in [3.8, 4) is 11.4 Å². The number of aryl methyl sites for hydroxylation is 1. The summed E-state index contributed by atoms with van der Waals surface area (Å²) in [4.78, 5) is 29.3. The highest BCUT2D eigenvalue weighted by Gasteiger charge is 2.25. The third-order valence-corrected chi connectivity index (χ3v) is 5.28. The summed E-state index contributed by atoms with van der Waals surface area (Å²) in [5.41, 5.74) is 0.789. The molecule has 0 aliphatic carbocycles. The molecule has 35 heavy (non-hydrogen) atoms. The molecule has 0 radical (unpaired) electrons. The van der Waals surface area contributed by atoms with Gasteiger partial charge in [-0.25, -0.2) is 14.4 Å². The average molecular weight is 480 g/mol. The highest BCUT2D eigenvalue weighted by molar-refractivity contribution is 5.90. The van der Waals surface area contributed by atoms with E-state index in [0.717, 1.165) is 0 Å². The maximum absolute atomic E-state index is 15.4. The number of amides is 1. The van der Waals surface area contributed by atoms with Gasteiger partial charge in [0.05, 0.1) is 11.6 Å². The number of aromatic nitrogens is 7. The van der Waals surface area contributed by atoms with E-state index in [0.29, 0.717) is 22.8 Å². The lowest BCUT2D eigenvalue weighted by Gasteiger charge is -2.17. The van der Waals surface area contributed by atoms with Crippen LogP contribution < -0.4 is 10.6 Å². The highest BCUT2D eigenvalue weighted by atomic mass is 19.1. The Balaban J connectivity index is 1.53. The number of benzene rings is 1. The summed E-state index contributed by atoms with van der Waals surface area (Å²) in [7, 11) is 1.79. The number of nitrogens with one attached hydrogen (secondary N) is 2. The van der Waals surface area contributed by atoms with Gasteiger partial charge >= 0.3 is 0 Å². The van der Waals surface area contributed by atoms with Crippen molar-refractivity contribution in [3.05, 3.63) is 59.4 Å². The number of rotatable bonds is 6. The molecule has 0 fully saturated rings. The molecule has 0 bridgehead atoms. The van der Waals surface area contributed by atoms with Gasteiger partial charge in [-0.1, -0.05) is 32.0 Å². The van der Waals surface area contributed by atoms with Crippen LogP contribution in [0.3, 0.4) is 0 Å². The van der Waals surface area contributed by atoms with Crippen LogP contribution in [0.1, 0.15) is 61.4 Å². The molecule has 1 amide bonds. The quantitative estimate of drug-likeness (QED) is 0.425. The first-order valence-corrected chi connectivity index (χ1v) is 10.9. The van der Waals surface area contributed by atoms with E-state index in [4.69, 9.17) is 4.52 Å². The summed E-state index contributed by atoms with van der Waals surface area (Å²) >= 11 is 0. The highest BCUT2D eigenvalue weighted by Crippen LogP contribution is 2.28. The molecule has 4 aromatic rings. The molecule has 0 aliphatic heterocycles. The Kier molecular flexibility index (Phi) is 6.29. The van der Waals surface area contributed by atoms with Crippen LogP contribution in [0.4, 0.5) is 16.2 Å². The van der Waals surface area contributed by atoms with Crippen molar-refractivity contribution in [2.75, 3.05) is 5.32 Å². The molecule has 3 aromatic heterocycles. The second-order valence-electron chi connectivity index (χ2n) is 9.14. The molecule has 0 aliphatic rings. The van der Waals surface area contributed by atoms with E-state index in [1.54, 1.807) is 50.0 Å². The third-order valence-electron chi connectivity index (χ3n) is 5.28. The first kappa shape index (κ1) is 23.9. The Morgan fingerprint density at radius 3 is 2.60 bits per heavy atom. The van der Waals surface area contributed by atoms with Crippen LogP contribution >= 0.6 is 0 Å². The van der Waals surface area contributed by atoms with Crippen molar-refractivity contribution in [3.63, 3.8) is 0 Å². The summed E-state index contributed by atoms with van der Waals surface area (Å²) < 4.78 is 22.2. The second kappa shape index (κ2) is 9.20. The van der Waals surface area contributed by atoms with Gasteiger partial charge in [0.25, 0.3) is 11.7 Å². The molecular formula is C23H26FN9O2. The molecule has 0 saturated carbocycles. The SMILES string of the molecule is Cc1c([C@@H](C)NC(=O)c2noc(C(C)(C)C)n2)ccc(-c2ncnc(Nc3ccn(C)n3)n2)c1F. The summed E-state index contributed by atoms with van der Waals surface area (Å²) in [6.45, 7) is 9.10. The maximum atomic E-state index is 15.4. The number of hydrogen-bond donors (Lipinski definition) is 2. The van der Waals surface area contributed by atoms with Gasteiger partial charge in [-0.2, -0.15) is 15.1 Å². The second-order valence-corrected chi connectivity index (χ2v) is 9.14. The largest absolute Gasteiger partial charge is 0.343 e. The molecule has 12 heteroatoms. The zero-order chi connectivity index (χ0) is 25.3. The number of carbonyl (C=O) groups excluding carboxylic acids is 1. The van der Waals surface area contributed by atoms with Crippen molar-refractivity contribution < 1.29 is 13.7 Å². The van der Waals surface area contributed by atoms with Crippen LogP contribution in [0.15, 0.2) is 35.2 Å². The van der Waals surface area contributed by atoms with E-state index in [1.165, 1.54) is 6.33 Å². The predicted octanol–water partition coefficient (Wildman–Crippen LogP) is 3.63. The fraction of sp³-hybridized carbons (Fsp3) is 0.348. The number of hydrogen-bond acceptors (Lipinski definition) is 9. The van der Waals surface area contributed by atoms with Crippen molar-refractivity contribution in [1.29, 1.82) is 0 Å². The van der Waals surface area contributed by atoms with E-state index in [-0.39, 0.29) is 28.6 Å². The van der Waals surface area contributed by atoms with E-state index in [9.17, 15) is 4.79 Å². The van der Waals surface area contributed by atoms with E-state index < -0.39 is 17.8 Å². The zero-order valence-electron chi connectivity index (χ0n) is 20.3. The molecular weight excluding hydrogens is 453 g/mol. The smallest absolute Gasteiger partial charge is 0.293 e. The number of nitrogens with zero attached hydrogens (tertiary/aromatic N) is 7. The monoisotopic (exact) mass is 479 g/mol. The Bertz CT molecular complexity index is 1370. The maximum Gasteiger partial charge on any atom is 0.293 e. The lowest BCUT2D eigenvalue weighted by molar-refractivity contribution is 0.0926. The molecule has 0 unspecified atom stereocenters. The van der Waals surface area contributed by atoms with Gasteiger partial charge < -0.3 is 15.2 Å². The van der Waals surface area contributed by atoms with E-state index in [2.05, 4.69) is 40.8 Å². The van der Waals surface area contributed by atoms with Crippen LogP contribution in [0, 0.1) is 12.7 Å². The first-order chi connectivity index (χ1) is 16.5. The minimum Gasteiger partial charge on any atom is -0.343 e. The molecule has 3 heterocycles. The fourth-order valence-corrected chi connectivity index (χ4v) is 3.38. The Labute approximate surface area is 201 Å². The summed E-state index contributed by atoms with van der Waals surface area (Å²) in [6, 6.07) is 4.55. The minimum atomic E-state index is -0.512. The topological polar surface area (TPSA) is 137 Å². The van der Waals surface area contributed by atoms with Crippen molar-refractivity contribution >= 4 is 17.7 Å². The van der Waals surface area contributed by atoms with Crippen molar-refractivity contribution in [2.24, 2.45) is 7.05 Å².